The molecule has 20 heavy (non-hydrogen) atoms. The molecule has 1 aliphatic rings. The van der Waals surface area contributed by atoms with Crippen molar-refractivity contribution in [3.63, 3.8) is 0 Å². The van der Waals surface area contributed by atoms with Crippen LogP contribution >= 0.6 is 0 Å². The van der Waals surface area contributed by atoms with Crippen LogP contribution in [-0.4, -0.2) is 37.9 Å². The molecule has 7 nitrogen and oxygen atoms in total. The topological polar surface area (TPSA) is 90.1 Å². The summed E-state index contributed by atoms with van der Waals surface area (Å²) in [5, 5.41) is 21.0. The first-order valence-electron chi connectivity index (χ1n) is 6.92. The van der Waals surface area contributed by atoms with Gasteiger partial charge >= 0.3 is 5.97 Å². The van der Waals surface area contributed by atoms with Crippen molar-refractivity contribution < 1.29 is 14.6 Å². The number of rotatable bonds is 4. The highest BCUT2D eigenvalue weighted by Crippen LogP contribution is 2.38. The maximum Gasteiger partial charge on any atom is 0.305 e. The van der Waals surface area contributed by atoms with Gasteiger partial charge in [0.15, 0.2) is 5.82 Å². The first-order valence-corrected chi connectivity index (χ1v) is 6.92. The Balaban J connectivity index is 2.35. The summed E-state index contributed by atoms with van der Waals surface area (Å²) in [5.41, 5.74) is -0.260. The summed E-state index contributed by atoms with van der Waals surface area (Å²) in [6.45, 7) is 8.76. The van der Waals surface area contributed by atoms with E-state index in [0.29, 0.717) is 18.3 Å². The van der Waals surface area contributed by atoms with E-state index in [1.165, 1.54) is 0 Å². The summed E-state index contributed by atoms with van der Waals surface area (Å²) >= 11 is 0. The Labute approximate surface area is 118 Å². The van der Waals surface area contributed by atoms with Gasteiger partial charge in [-0.2, -0.15) is 0 Å². The summed E-state index contributed by atoms with van der Waals surface area (Å²) in [6, 6.07) is -0.304. The Bertz CT molecular complexity index is 480. The molecule has 1 N–H and O–H groups in total. The van der Waals surface area contributed by atoms with Gasteiger partial charge in [0.2, 0.25) is 0 Å². The van der Waals surface area contributed by atoms with Crippen molar-refractivity contribution in [3.05, 3.63) is 5.82 Å². The van der Waals surface area contributed by atoms with Crippen LogP contribution < -0.4 is 0 Å². The van der Waals surface area contributed by atoms with Crippen molar-refractivity contribution in [1.29, 1.82) is 0 Å². The molecule has 2 rings (SSSR count). The lowest BCUT2D eigenvalue weighted by molar-refractivity contribution is -0.139. The Morgan fingerprint density at radius 1 is 1.55 bits per heavy atom. The number of aliphatic carboxylic acids is 1. The van der Waals surface area contributed by atoms with Gasteiger partial charge in [-0.05, 0) is 28.2 Å². The number of carbonyl (C=O) groups is 1. The van der Waals surface area contributed by atoms with Gasteiger partial charge in [-0.15, -0.1) is 5.10 Å². The molecule has 3 atom stereocenters. The molecule has 0 bridgehead atoms. The summed E-state index contributed by atoms with van der Waals surface area (Å²) in [5.74, 6) is 0.119. The van der Waals surface area contributed by atoms with Gasteiger partial charge in [0, 0.05) is 6.61 Å². The number of carboxylic acids is 1. The van der Waals surface area contributed by atoms with E-state index < -0.39 is 5.97 Å². The van der Waals surface area contributed by atoms with Crippen molar-refractivity contribution in [2.45, 2.75) is 52.7 Å². The fourth-order valence-corrected chi connectivity index (χ4v) is 2.56. The largest absolute Gasteiger partial charge is 0.481 e. The molecule has 1 saturated heterocycles. The predicted molar refractivity (Wildman–Crippen MR) is 71.0 cm³/mol. The van der Waals surface area contributed by atoms with Crippen LogP contribution in [0.4, 0.5) is 0 Å². The average Bonchev–Trinajstić information content (AvgIpc) is 2.92. The second kappa shape index (κ2) is 5.47. The smallest absolute Gasteiger partial charge is 0.305 e. The molecule has 0 radical (unpaired) electrons. The van der Waals surface area contributed by atoms with Crippen molar-refractivity contribution in [2.24, 2.45) is 11.3 Å². The molecule has 0 spiro atoms. The molecule has 0 amide bonds. The summed E-state index contributed by atoms with van der Waals surface area (Å²) in [7, 11) is 0. The van der Waals surface area contributed by atoms with E-state index >= 15 is 0 Å². The van der Waals surface area contributed by atoms with Crippen LogP contribution in [0.5, 0.6) is 0 Å². The molecule has 2 heterocycles. The maximum atomic E-state index is 11.1. The SMILES string of the molecule is CC1CCOC1c1nnnn1C(CC(=O)O)C(C)(C)C. The minimum absolute atomic E-state index is 0.0113. The van der Waals surface area contributed by atoms with Crippen LogP contribution in [0.15, 0.2) is 0 Å². The van der Waals surface area contributed by atoms with Crippen LogP contribution in [0.3, 0.4) is 0 Å². The molecule has 0 aliphatic carbocycles. The molecule has 1 aromatic rings. The molecule has 1 aliphatic heterocycles. The third-order valence-corrected chi connectivity index (χ3v) is 3.82. The zero-order chi connectivity index (χ0) is 14.9. The van der Waals surface area contributed by atoms with E-state index in [9.17, 15) is 4.79 Å². The summed E-state index contributed by atoms with van der Waals surface area (Å²) < 4.78 is 7.35. The van der Waals surface area contributed by atoms with Gasteiger partial charge in [-0.3, -0.25) is 4.79 Å². The predicted octanol–water partition coefficient (Wildman–Crippen LogP) is 1.83. The lowest BCUT2D eigenvalue weighted by Gasteiger charge is -2.30. The number of ether oxygens (including phenoxy) is 1. The van der Waals surface area contributed by atoms with Gasteiger partial charge in [-0.1, -0.05) is 27.7 Å². The zero-order valence-electron chi connectivity index (χ0n) is 12.4. The van der Waals surface area contributed by atoms with Gasteiger partial charge in [-0.25, -0.2) is 4.68 Å². The van der Waals surface area contributed by atoms with Gasteiger partial charge in [0.25, 0.3) is 0 Å². The number of tetrazole rings is 1. The van der Waals surface area contributed by atoms with Gasteiger partial charge < -0.3 is 9.84 Å². The van der Waals surface area contributed by atoms with Crippen molar-refractivity contribution in [1.82, 2.24) is 20.2 Å². The van der Waals surface area contributed by atoms with E-state index in [2.05, 4.69) is 22.4 Å². The van der Waals surface area contributed by atoms with Gasteiger partial charge in [0.1, 0.15) is 6.10 Å². The number of aromatic nitrogens is 4. The molecule has 112 valence electrons. The van der Waals surface area contributed by atoms with E-state index in [1.807, 2.05) is 20.8 Å². The minimum atomic E-state index is -0.855. The molecule has 3 unspecified atom stereocenters. The molecule has 1 aromatic heterocycles. The van der Waals surface area contributed by atoms with E-state index in [-0.39, 0.29) is 24.0 Å². The average molecular weight is 282 g/mol. The van der Waals surface area contributed by atoms with Crippen LogP contribution in [0.1, 0.15) is 58.5 Å². The lowest BCUT2D eigenvalue weighted by Crippen LogP contribution is -2.30. The van der Waals surface area contributed by atoms with Crippen LogP contribution in [-0.2, 0) is 9.53 Å². The van der Waals surface area contributed by atoms with Gasteiger partial charge in [0.05, 0.1) is 12.5 Å². The second-order valence-electron chi connectivity index (χ2n) is 6.52. The lowest BCUT2D eigenvalue weighted by atomic mass is 9.84. The Kier molecular flexibility index (Phi) is 4.08. The number of carboxylic acid groups (broad SMARTS) is 1. The quantitative estimate of drug-likeness (QED) is 0.906. The van der Waals surface area contributed by atoms with Crippen molar-refractivity contribution in [2.75, 3.05) is 6.61 Å². The highest BCUT2D eigenvalue weighted by Gasteiger charge is 2.36. The van der Waals surface area contributed by atoms with E-state index in [0.717, 1.165) is 6.42 Å². The molecule has 0 saturated carbocycles. The first kappa shape index (κ1) is 14.9. The normalized spacial score (nSPS) is 24.8. The van der Waals surface area contributed by atoms with Crippen LogP contribution in [0, 0.1) is 11.3 Å². The Morgan fingerprint density at radius 2 is 2.25 bits per heavy atom. The third kappa shape index (κ3) is 2.98. The van der Waals surface area contributed by atoms with Crippen molar-refractivity contribution >= 4 is 5.97 Å². The maximum absolute atomic E-state index is 11.1. The molecule has 1 fully saturated rings. The van der Waals surface area contributed by atoms with Crippen molar-refractivity contribution in [3.8, 4) is 0 Å². The highest BCUT2D eigenvalue weighted by molar-refractivity contribution is 5.67. The minimum Gasteiger partial charge on any atom is -0.481 e. The number of hydrogen-bond acceptors (Lipinski definition) is 5. The monoisotopic (exact) mass is 282 g/mol. The Hall–Kier alpha value is -1.50. The fraction of sp³-hybridized carbons (Fsp3) is 0.846. The van der Waals surface area contributed by atoms with E-state index in [4.69, 9.17) is 9.84 Å². The second-order valence-corrected chi connectivity index (χ2v) is 6.52. The van der Waals surface area contributed by atoms with E-state index in [1.54, 1.807) is 4.68 Å². The molecular weight excluding hydrogens is 260 g/mol. The summed E-state index contributed by atoms with van der Waals surface area (Å²) in [4.78, 5) is 11.1. The fourth-order valence-electron chi connectivity index (χ4n) is 2.56. The highest BCUT2D eigenvalue weighted by atomic mass is 16.5. The first-order chi connectivity index (χ1) is 9.30. The zero-order valence-corrected chi connectivity index (χ0v) is 12.4. The molecule has 7 heteroatoms. The molecule has 0 aromatic carbocycles. The summed E-state index contributed by atoms with van der Waals surface area (Å²) in [6.07, 6.45) is 0.808. The standard InChI is InChI=1S/C13H22N4O3/c1-8-5-6-20-11(8)12-14-15-16-17(12)9(7-10(18)19)13(2,3)4/h8-9,11H,5-7H2,1-4H3,(H,18,19). The molecular formula is C13H22N4O3. The Morgan fingerprint density at radius 3 is 2.75 bits per heavy atom. The van der Waals surface area contributed by atoms with Crippen LogP contribution in [0.25, 0.3) is 0 Å². The number of hydrogen-bond donors (Lipinski definition) is 1. The number of nitrogens with zero attached hydrogens (tertiary/aromatic N) is 4. The third-order valence-electron chi connectivity index (χ3n) is 3.82. The van der Waals surface area contributed by atoms with Crippen LogP contribution in [0.2, 0.25) is 0 Å².